The van der Waals surface area contributed by atoms with E-state index in [0.29, 0.717) is 4.90 Å². The minimum atomic E-state index is -2.75. The Morgan fingerprint density at radius 1 is 0.960 bits per heavy atom. The highest BCUT2D eigenvalue weighted by atomic mass is 32.2. The van der Waals surface area contributed by atoms with Crippen LogP contribution < -0.4 is 0 Å². The molecule has 0 saturated carbocycles. The topological polar surface area (TPSA) is 49.7 Å². The van der Waals surface area contributed by atoms with Crippen molar-refractivity contribution >= 4 is 9.73 Å². The Morgan fingerprint density at radius 2 is 1.52 bits per heavy atom. The van der Waals surface area contributed by atoms with E-state index in [1.807, 2.05) is 73.7 Å². The van der Waals surface area contributed by atoms with E-state index in [9.17, 15) is 9.32 Å². The maximum absolute atomic E-state index is 13.6. The predicted molar refractivity (Wildman–Crippen MR) is 103 cm³/mol. The summed E-state index contributed by atoms with van der Waals surface area (Å²) < 4.78 is 17.8. The van der Waals surface area contributed by atoms with E-state index in [1.54, 1.807) is 25.3 Å². The molecule has 3 nitrogen and oxygen atoms in total. The van der Waals surface area contributed by atoms with Crippen molar-refractivity contribution in [1.29, 1.82) is 0 Å². The molecule has 0 heterocycles. The van der Waals surface area contributed by atoms with Gasteiger partial charge >= 0.3 is 0 Å². The molecule has 3 rings (SSSR count). The lowest BCUT2D eigenvalue weighted by atomic mass is 9.67. The Bertz CT molecular complexity index is 911. The molecule has 25 heavy (non-hydrogen) atoms. The van der Waals surface area contributed by atoms with Crippen molar-refractivity contribution in [3.05, 3.63) is 90.5 Å². The first-order valence-corrected chi connectivity index (χ1v) is 9.95. The zero-order chi connectivity index (χ0) is 18.0. The minimum absolute atomic E-state index is 0.0345. The summed E-state index contributed by atoms with van der Waals surface area (Å²) in [6.45, 7) is 1.98. The van der Waals surface area contributed by atoms with Gasteiger partial charge in [0.1, 0.15) is 5.60 Å². The summed E-state index contributed by atoms with van der Waals surface area (Å²) in [7, 11) is -1.20. The zero-order valence-electron chi connectivity index (χ0n) is 14.5. The fourth-order valence-corrected chi connectivity index (χ4v) is 5.38. The third kappa shape index (κ3) is 3.08. The van der Waals surface area contributed by atoms with E-state index in [-0.39, 0.29) is 5.75 Å². The highest BCUT2D eigenvalue weighted by Gasteiger charge is 2.47. The van der Waals surface area contributed by atoms with Crippen molar-refractivity contribution in [2.75, 3.05) is 12.8 Å². The largest absolute Gasteiger partial charge is 0.384 e. The van der Waals surface area contributed by atoms with Crippen molar-refractivity contribution in [1.82, 2.24) is 0 Å². The first-order chi connectivity index (χ1) is 11.9. The fourth-order valence-electron chi connectivity index (χ4n) is 3.29. The van der Waals surface area contributed by atoms with Crippen LogP contribution in [0, 0.1) is 0 Å². The molecule has 2 aromatic carbocycles. The second-order valence-corrected chi connectivity index (χ2v) is 8.90. The molecule has 4 heteroatoms. The summed E-state index contributed by atoms with van der Waals surface area (Å²) in [5.41, 5.74) is -1.02. The van der Waals surface area contributed by atoms with Crippen molar-refractivity contribution in [3.8, 4) is 0 Å². The van der Waals surface area contributed by atoms with Crippen LogP contribution in [0.4, 0.5) is 0 Å². The number of hydrogen-bond donors (Lipinski definition) is 1. The van der Waals surface area contributed by atoms with Gasteiger partial charge in [-0.05, 0) is 24.6 Å². The number of nitrogens with zero attached hydrogens (tertiary/aromatic N) is 1. The van der Waals surface area contributed by atoms with Gasteiger partial charge in [0.05, 0.1) is 15.5 Å². The fraction of sp³-hybridized carbons (Fsp3) is 0.238. The Balaban J connectivity index is 2.09. The molecule has 0 spiro atoms. The maximum atomic E-state index is 13.6. The Labute approximate surface area is 149 Å². The Kier molecular flexibility index (Phi) is 4.67. The van der Waals surface area contributed by atoms with Crippen molar-refractivity contribution in [3.63, 3.8) is 0 Å². The van der Waals surface area contributed by atoms with Gasteiger partial charge in [-0.15, -0.1) is 0 Å². The molecule has 0 radical (unpaired) electrons. The molecule has 0 aromatic heterocycles. The molecule has 0 aliphatic heterocycles. The summed E-state index contributed by atoms with van der Waals surface area (Å²) in [4.78, 5) is 0.643. The van der Waals surface area contributed by atoms with Gasteiger partial charge in [-0.3, -0.25) is 0 Å². The van der Waals surface area contributed by atoms with E-state index in [0.717, 1.165) is 5.56 Å². The normalized spacial score (nSPS) is 27.6. The summed E-state index contributed by atoms with van der Waals surface area (Å²) in [6, 6.07) is 19.0. The zero-order valence-corrected chi connectivity index (χ0v) is 15.3. The lowest BCUT2D eigenvalue weighted by molar-refractivity contribution is 0.0546. The van der Waals surface area contributed by atoms with Crippen LogP contribution in [0.1, 0.15) is 12.5 Å². The van der Waals surface area contributed by atoms with E-state index >= 15 is 0 Å². The second kappa shape index (κ2) is 6.62. The van der Waals surface area contributed by atoms with Gasteiger partial charge < -0.3 is 5.11 Å². The first-order valence-electron chi connectivity index (χ1n) is 8.27. The van der Waals surface area contributed by atoms with Crippen molar-refractivity contribution < 1.29 is 9.32 Å². The molecule has 0 saturated heterocycles. The summed E-state index contributed by atoms with van der Waals surface area (Å²) in [6.07, 6.45) is 7.46. The molecular weight excluding hydrogens is 330 g/mol. The molecule has 0 amide bonds. The van der Waals surface area contributed by atoms with Gasteiger partial charge in [0.15, 0.2) is 0 Å². The van der Waals surface area contributed by atoms with E-state index < -0.39 is 20.7 Å². The van der Waals surface area contributed by atoms with Gasteiger partial charge in [0, 0.05) is 17.4 Å². The molecular formula is C21H23NO2S. The monoisotopic (exact) mass is 353 g/mol. The predicted octanol–water partition coefficient (Wildman–Crippen LogP) is 3.96. The van der Waals surface area contributed by atoms with Crippen molar-refractivity contribution in [2.24, 2.45) is 4.36 Å². The van der Waals surface area contributed by atoms with E-state index in [1.165, 1.54) is 0 Å². The summed E-state index contributed by atoms with van der Waals surface area (Å²) in [5, 5.41) is 11.6. The average molecular weight is 353 g/mol. The first kappa shape index (κ1) is 17.6. The van der Waals surface area contributed by atoms with Crippen LogP contribution in [0.15, 0.2) is 94.2 Å². The molecule has 0 bridgehead atoms. The minimum Gasteiger partial charge on any atom is -0.384 e. The van der Waals surface area contributed by atoms with Crippen LogP contribution in [0.5, 0.6) is 0 Å². The Hall–Kier alpha value is -2.17. The molecule has 130 valence electrons. The lowest BCUT2D eigenvalue weighted by Crippen LogP contribution is -2.52. The number of rotatable bonds is 4. The van der Waals surface area contributed by atoms with Crippen LogP contribution in [0.25, 0.3) is 0 Å². The Morgan fingerprint density at radius 3 is 2.12 bits per heavy atom. The van der Waals surface area contributed by atoms with Gasteiger partial charge in [-0.1, -0.05) is 72.8 Å². The molecule has 1 aliphatic rings. The number of allylic oxidation sites excluding steroid dienone is 2. The van der Waals surface area contributed by atoms with Gasteiger partial charge in [-0.25, -0.2) is 8.57 Å². The van der Waals surface area contributed by atoms with E-state index in [4.69, 9.17) is 0 Å². The van der Waals surface area contributed by atoms with E-state index in [2.05, 4.69) is 4.36 Å². The number of aliphatic hydroxyl groups is 1. The molecule has 1 N–H and O–H groups in total. The van der Waals surface area contributed by atoms with Gasteiger partial charge in [0.25, 0.3) is 0 Å². The molecule has 1 unspecified atom stereocenters. The van der Waals surface area contributed by atoms with Gasteiger partial charge in [0.2, 0.25) is 0 Å². The number of hydrogen-bond acceptors (Lipinski definition) is 3. The lowest BCUT2D eigenvalue weighted by Gasteiger charge is -2.43. The van der Waals surface area contributed by atoms with Crippen LogP contribution in [0.2, 0.25) is 0 Å². The highest BCUT2D eigenvalue weighted by Crippen LogP contribution is 2.42. The van der Waals surface area contributed by atoms with Crippen molar-refractivity contribution in [2.45, 2.75) is 22.8 Å². The molecule has 1 aliphatic carbocycles. The molecule has 0 fully saturated rings. The summed E-state index contributed by atoms with van der Waals surface area (Å²) in [5.74, 6) is 0.0345. The van der Waals surface area contributed by atoms with Crippen LogP contribution in [0.3, 0.4) is 0 Å². The third-order valence-electron chi connectivity index (χ3n) is 5.01. The molecule has 3 atom stereocenters. The summed E-state index contributed by atoms with van der Waals surface area (Å²) >= 11 is 0. The highest BCUT2D eigenvalue weighted by molar-refractivity contribution is 7.93. The van der Waals surface area contributed by atoms with Crippen LogP contribution >= 0.6 is 0 Å². The van der Waals surface area contributed by atoms with Gasteiger partial charge in [-0.2, -0.15) is 0 Å². The standard InChI is InChI=1S/C21H23NO2S/c1-20(18-11-5-3-6-12-18)15-9-10-16-21(20,23)17-25(24,22-2)19-13-7-4-8-14-19/h3-16,23H,17H2,1-2H3/t20-,21+,25?/m0/s1. The third-order valence-corrected chi connectivity index (χ3v) is 7.44. The van der Waals surface area contributed by atoms with Crippen LogP contribution in [-0.2, 0) is 15.1 Å². The SMILES string of the molecule is CN=S(=O)(C[C@]1(O)C=CC=C[C@@]1(C)c1ccccc1)c1ccccc1. The smallest absolute Gasteiger partial charge is 0.109 e. The quantitative estimate of drug-likeness (QED) is 0.904. The van der Waals surface area contributed by atoms with Crippen LogP contribution in [-0.4, -0.2) is 27.7 Å². The second-order valence-electron chi connectivity index (χ2n) is 6.49. The molecule has 2 aromatic rings. The number of benzene rings is 2. The average Bonchev–Trinajstić information content (AvgIpc) is 2.65. The maximum Gasteiger partial charge on any atom is 0.109 e.